The number of carbonyl (C=O) groups excluding carboxylic acids is 1. The highest BCUT2D eigenvalue weighted by Crippen LogP contribution is 2.42. The molecule has 7 heteroatoms. The first-order valence-electron chi connectivity index (χ1n) is 6.88. The van der Waals surface area contributed by atoms with E-state index in [0.29, 0.717) is 5.69 Å². The minimum absolute atomic E-state index is 0.113. The smallest absolute Gasteiger partial charge is 0.353 e. The maximum Gasteiger partial charge on any atom is 0.435 e. The molecule has 0 saturated heterocycles. The SMILES string of the molecule is O=C(CCn1nc(C(F)(F)F)cc1C1CC1)NC1CC1. The number of halogens is 3. The molecule has 110 valence electrons. The van der Waals surface area contributed by atoms with Gasteiger partial charge in [-0.05, 0) is 31.7 Å². The summed E-state index contributed by atoms with van der Waals surface area (Å²) < 4.78 is 39.4. The van der Waals surface area contributed by atoms with E-state index in [1.807, 2.05) is 0 Å². The summed E-state index contributed by atoms with van der Waals surface area (Å²) in [7, 11) is 0. The number of aryl methyl sites for hydroxylation is 1. The zero-order valence-corrected chi connectivity index (χ0v) is 10.9. The van der Waals surface area contributed by atoms with E-state index in [0.717, 1.165) is 31.7 Å². The normalized spacial score (nSPS) is 19.1. The monoisotopic (exact) mass is 287 g/mol. The molecule has 0 unspecified atom stereocenters. The maximum atomic E-state index is 12.7. The number of hydrogen-bond acceptors (Lipinski definition) is 2. The fourth-order valence-electron chi connectivity index (χ4n) is 2.19. The zero-order valence-electron chi connectivity index (χ0n) is 10.9. The molecule has 2 aliphatic rings. The molecule has 1 aromatic rings. The first-order valence-corrected chi connectivity index (χ1v) is 6.88. The Labute approximate surface area is 114 Å². The van der Waals surface area contributed by atoms with Crippen molar-refractivity contribution in [1.29, 1.82) is 0 Å². The number of rotatable bonds is 5. The standard InChI is InChI=1S/C13H16F3N3O/c14-13(15,16)11-7-10(8-1-2-8)19(18-11)6-5-12(20)17-9-3-4-9/h7-9H,1-6H2,(H,17,20). The van der Waals surface area contributed by atoms with Gasteiger partial charge in [-0.2, -0.15) is 18.3 Å². The van der Waals surface area contributed by atoms with E-state index >= 15 is 0 Å². The average molecular weight is 287 g/mol. The summed E-state index contributed by atoms with van der Waals surface area (Å²) in [6.45, 7) is 0.209. The van der Waals surface area contributed by atoms with E-state index in [4.69, 9.17) is 0 Å². The molecular formula is C13H16F3N3O. The first-order chi connectivity index (χ1) is 9.43. The van der Waals surface area contributed by atoms with Crippen molar-refractivity contribution in [2.24, 2.45) is 0 Å². The van der Waals surface area contributed by atoms with E-state index in [1.165, 1.54) is 4.68 Å². The summed E-state index contributed by atoms with van der Waals surface area (Å²) >= 11 is 0. The van der Waals surface area contributed by atoms with Gasteiger partial charge in [0.15, 0.2) is 5.69 Å². The molecule has 2 aliphatic carbocycles. The van der Waals surface area contributed by atoms with Crippen molar-refractivity contribution in [2.45, 2.75) is 56.8 Å². The van der Waals surface area contributed by atoms with Crippen molar-refractivity contribution in [1.82, 2.24) is 15.1 Å². The molecule has 3 rings (SSSR count). The summed E-state index contributed by atoms with van der Waals surface area (Å²) in [5.74, 6) is 0.0587. The molecule has 20 heavy (non-hydrogen) atoms. The van der Waals surface area contributed by atoms with Gasteiger partial charge in [0.05, 0.1) is 0 Å². The highest BCUT2D eigenvalue weighted by Gasteiger charge is 2.37. The fourth-order valence-corrected chi connectivity index (χ4v) is 2.19. The predicted octanol–water partition coefficient (Wildman–Crippen LogP) is 2.45. The van der Waals surface area contributed by atoms with E-state index in [1.54, 1.807) is 0 Å². The molecule has 1 N–H and O–H groups in total. The molecule has 0 radical (unpaired) electrons. The van der Waals surface area contributed by atoms with Crippen molar-refractivity contribution in [3.63, 3.8) is 0 Å². The summed E-state index contributed by atoms with van der Waals surface area (Å²) in [6.07, 6.45) is -0.451. The summed E-state index contributed by atoms with van der Waals surface area (Å²) in [4.78, 5) is 11.6. The number of nitrogens with one attached hydrogen (secondary N) is 1. The minimum Gasteiger partial charge on any atom is -0.353 e. The highest BCUT2D eigenvalue weighted by molar-refractivity contribution is 5.76. The molecular weight excluding hydrogens is 271 g/mol. The lowest BCUT2D eigenvalue weighted by Crippen LogP contribution is -2.26. The number of carbonyl (C=O) groups is 1. The van der Waals surface area contributed by atoms with Gasteiger partial charge in [-0.15, -0.1) is 0 Å². The van der Waals surface area contributed by atoms with Crippen LogP contribution in [-0.4, -0.2) is 21.7 Å². The van der Waals surface area contributed by atoms with Gasteiger partial charge in [0.2, 0.25) is 5.91 Å². The molecule has 1 heterocycles. The van der Waals surface area contributed by atoms with E-state index in [9.17, 15) is 18.0 Å². The van der Waals surface area contributed by atoms with Gasteiger partial charge in [-0.25, -0.2) is 0 Å². The predicted molar refractivity (Wildman–Crippen MR) is 65.0 cm³/mol. The van der Waals surface area contributed by atoms with Gasteiger partial charge in [0.1, 0.15) is 0 Å². The highest BCUT2D eigenvalue weighted by atomic mass is 19.4. The van der Waals surface area contributed by atoms with Crippen LogP contribution in [-0.2, 0) is 17.5 Å². The Kier molecular flexibility index (Phi) is 3.22. The van der Waals surface area contributed by atoms with Gasteiger partial charge < -0.3 is 5.32 Å². The van der Waals surface area contributed by atoms with Crippen LogP contribution in [0.15, 0.2) is 6.07 Å². The molecule has 0 atom stereocenters. The van der Waals surface area contributed by atoms with Crippen molar-refractivity contribution in [3.05, 3.63) is 17.5 Å². The molecule has 1 amide bonds. The van der Waals surface area contributed by atoms with Crippen LogP contribution >= 0.6 is 0 Å². The van der Waals surface area contributed by atoms with Gasteiger partial charge in [-0.3, -0.25) is 9.48 Å². The van der Waals surface area contributed by atoms with Crippen LogP contribution in [0.2, 0.25) is 0 Å². The summed E-state index contributed by atoms with van der Waals surface area (Å²) in [5, 5.41) is 6.44. The van der Waals surface area contributed by atoms with Crippen molar-refractivity contribution in [3.8, 4) is 0 Å². The van der Waals surface area contributed by atoms with Crippen LogP contribution in [0.3, 0.4) is 0 Å². The second kappa shape index (κ2) is 4.79. The fraction of sp³-hybridized carbons (Fsp3) is 0.692. The van der Waals surface area contributed by atoms with E-state index in [-0.39, 0.29) is 30.8 Å². The van der Waals surface area contributed by atoms with Crippen LogP contribution in [0.5, 0.6) is 0 Å². The van der Waals surface area contributed by atoms with E-state index < -0.39 is 11.9 Å². The second-order valence-electron chi connectivity index (χ2n) is 5.54. The Bertz CT molecular complexity index is 515. The molecule has 0 bridgehead atoms. The Morgan fingerprint density at radius 1 is 1.35 bits per heavy atom. The summed E-state index contributed by atoms with van der Waals surface area (Å²) in [6, 6.07) is 1.39. The minimum atomic E-state index is -4.43. The Hall–Kier alpha value is -1.53. The Morgan fingerprint density at radius 3 is 2.60 bits per heavy atom. The van der Waals surface area contributed by atoms with Gasteiger partial charge >= 0.3 is 6.18 Å². The van der Waals surface area contributed by atoms with Crippen LogP contribution in [0.4, 0.5) is 13.2 Å². The average Bonchev–Trinajstić information content (AvgIpc) is 3.26. The van der Waals surface area contributed by atoms with Crippen LogP contribution in [0.1, 0.15) is 49.4 Å². The van der Waals surface area contributed by atoms with Crippen LogP contribution < -0.4 is 5.32 Å². The van der Waals surface area contributed by atoms with E-state index in [2.05, 4.69) is 10.4 Å². The van der Waals surface area contributed by atoms with Gasteiger partial charge in [-0.1, -0.05) is 0 Å². The van der Waals surface area contributed by atoms with Crippen LogP contribution in [0.25, 0.3) is 0 Å². The number of nitrogens with zero attached hydrogens (tertiary/aromatic N) is 2. The first kappa shape index (κ1) is 13.5. The quantitative estimate of drug-likeness (QED) is 0.904. The molecule has 1 aromatic heterocycles. The Balaban J connectivity index is 1.67. The zero-order chi connectivity index (χ0) is 14.3. The van der Waals surface area contributed by atoms with Gasteiger partial charge in [0.25, 0.3) is 0 Å². The maximum absolute atomic E-state index is 12.7. The lowest BCUT2D eigenvalue weighted by molar-refractivity contribution is -0.141. The molecule has 0 spiro atoms. The largest absolute Gasteiger partial charge is 0.435 e. The van der Waals surface area contributed by atoms with Crippen LogP contribution in [0, 0.1) is 0 Å². The Morgan fingerprint density at radius 2 is 2.05 bits per heavy atom. The van der Waals surface area contributed by atoms with Crippen molar-refractivity contribution in [2.75, 3.05) is 0 Å². The number of alkyl halides is 3. The molecule has 4 nitrogen and oxygen atoms in total. The third kappa shape index (κ3) is 3.13. The lowest BCUT2D eigenvalue weighted by atomic mass is 10.2. The lowest BCUT2D eigenvalue weighted by Gasteiger charge is -2.07. The number of hydrogen-bond donors (Lipinski definition) is 1. The topological polar surface area (TPSA) is 46.9 Å². The third-order valence-electron chi connectivity index (χ3n) is 3.59. The summed E-state index contributed by atoms with van der Waals surface area (Å²) in [5.41, 5.74) is -0.251. The molecule has 0 aromatic carbocycles. The third-order valence-corrected chi connectivity index (χ3v) is 3.59. The van der Waals surface area contributed by atoms with Gasteiger partial charge in [0, 0.05) is 30.6 Å². The second-order valence-corrected chi connectivity index (χ2v) is 5.54. The molecule has 2 saturated carbocycles. The molecule has 2 fully saturated rings. The number of aromatic nitrogens is 2. The van der Waals surface area contributed by atoms with Crippen molar-refractivity contribution < 1.29 is 18.0 Å². The number of amides is 1. The van der Waals surface area contributed by atoms with Crippen molar-refractivity contribution >= 4 is 5.91 Å². The molecule has 0 aliphatic heterocycles.